The number of urea groups is 1. The summed E-state index contributed by atoms with van der Waals surface area (Å²) in [5, 5.41) is 10.3. The summed E-state index contributed by atoms with van der Waals surface area (Å²) in [5.74, 6) is 0.871. The molecule has 5 nitrogen and oxygen atoms in total. The molecule has 3 atom stereocenters. The first-order valence-electron chi connectivity index (χ1n) is 7.06. The number of hydrogen-bond donors (Lipinski definition) is 2. The highest BCUT2D eigenvalue weighted by Crippen LogP contribution is 2.35. The van der Waals surface area contributed by atoms with E-state index in [4.69, 9.17) is 4.74 Å². The summed E-state index contributed by atoms with van der Waals surface area (Å²) < 4.78 is 5.23. The van der Waals surface area contributed by atoms with Crippen molar-refractivity contribution in [3.63, 3.8) is 0 Å². The van der Waals surface area contributed by atoms with E-state index in [1.54, 1.807) is 0 Å². The first-order valence-corrected chi connectivity index (χ1v) is 10.00. The summed E-state index contributed by atoms with van der Waals surface area (Å²) in [6.45, 7) is 0. The Morgan fingerprint density at radius 1 is 1.29 bits per heavy atom. The summed E-state index contributed by atoms with van der Waals surface area (Å²) in [6, 6.07) is 0.493. The smallest absolute Gasteiger partial charge is 0.315 e. The maximum absolute atomic E-state index is 11.7. The van der Waals surface area contributed by atoms with Gasteiger partial charge in [0.05, 0.1) is 12.1 Å². The molecule has 8 heteroatoms. The predicted molar refractivity (Wildman–Crippen MR) is 88.2 cm³/mol. The third-order valence-corrected chi connectivity index (χ3v) is 7.29. The Morgan fingerprint density at radius 3 is 2.90 bits per heavy atom. The Bertz CT molecular complexity index is 438. The van der Waals surface area contributed by atoms with Crippen LogP contribution in [0, 0.1) is 0 Å². The summed E-state index contributed by atoms with van der Waals surface area (Å²) in [6.07, 6.45) is 3.36. The third kappa shape index (κ3) is 4.04. The van der Waals surface area contributed by atoms with Crippen molar-refractivity contribution in [3.8, 4) is 0 Å². The van der Waals surface area contributed by atoms with Crippen LogP contribution < -0.4 is 10.6 Å². The van der Waals surface area contributed by atoms with Crippen LogP contribution >= 0.6 is 35.3 Å². The van der Waals surface area contributed by atoms with Gasteiger partial charge in [0, 0.05) is 17.4 Å². The van der Waals surface area contributed by atoms with Crippen LogP contribution in [0.3, 0.4) is 0 Å². The number of thioether (sulfide) groups is 3. The van der Waals surface area contributed by atoms with Gasteiger partial charge in [-0.1, -0.05) is 29.9 Å². The van der Waals surface area contributed by atoms with Gasteiger partial charge in [-0.25, -0.2) is 4.79 Å². The van der Waals surface area contributed by atoms with Crippen molar-refractivity contribution in [3.05, 3.63) is 10.8 Å². The zero-order chi connectivity index (χ0) is 14.7. The number of unbranched alkanes of at least 4 members (excludes halogenated alkanes) is 1. The van der Waals surface area contributed by atoms with Gasteiger partial charge in [-0.3, -0.25) is 4.79 Å². The monoisotopic (exact) mass is 346 g/mol. The molecule has 2 fully saturated rings. The molecule has 0 aromatic rings. The van der Waals surface area contributed by atoms with E-state index < -0.39 is 0 Å². The predicted octanol–water partition coefficient (Wildman–Crippen LogP) is 2.49. The first-order chi connectivity index (χ1) is 10.2. The second-order valence-electron chi connectivity index (χ2n) is 5.19. The average Bonchev–Trinajstić information content (AvgIpc) is 3.13. The van der Waals surface area contributed by atoms with E-state index in [-0.39, 0.29) is 28.9 Å². The third-order valence-electron chi connectivity index (χ3n) is 3.72. The number of fused-ring (bicyclic) bond motifs is 1. The SMILES string of the molecule is O=C1N[C@H]2[C@H](CS[C@H]2CCCCC(=O)OC2SC=CS2)N1. The minimum atomic E-state index is -0.114. The highest BCUT2D eigenvalue weighted by Gasteiger charge is 2.42. The van der Waals surface area contributed by atoms with Gasteiger partial charge in [-0.05, 0) is 23.7 Å². The Labute approximate surface area is 136 Å². The topological polar surface area (TPSA) is 67.4 Å². The van der Waals surface area contributed by atoms with Crippen molar-refractivity contribution in [1.29, 1.82) is 0 Å². The van der Waals surface area contributed by atoms with Crippen molar-refractivity contribution < 1.29 is 14.3 Å². The zero-order valence-corrected chi connectivity index (χ0v) is 13.9. The number of ether oxygens (including phenoxy) is 1. The molecule has 0 spiro atoms. The second-order valence-corrected chi connectivity index (χ2v) is 8.71. The van der Waals surface area contributed by atoms with Gasteiger partial charge in [0.15, 0.2) is 0 Å². The molecule has 3 aliphatic rings. The zero-order valence-electron chi connectivity index (χ0n) is 11.4. The quantitative estimate of drug-likeness (QED) is 0.438. The van der Waals surface area contributed by atoms with Crippen molar-refractivity contribution in [1.82, 2.24) is 10.6 Å². The Hall–Kier alpha value is -0.470. The fraction of sp³-hybridized carbons (Fsp3) is 0.692. The van der Waals surface area contributed by atoms with Gasteiger partial charge in [0.2, 0.25) is 4.77 Å². The van der Waals surface area contributed by atoms with Crippen molar-refractivity contribution >= 4 is 47.3 Å². The number of hydrogen-bond acceptors (Lipinski definition) is 6. The number of carbonyl (C=O) groups is 2. The fourth-order valence-corrected chi connectivity index (χ4v) is 5.98. The van der Waals surface area contributed by atoms with Crippen LogP contribution in [-0.4, -0.2) is 39.9 Å². The van der Waals surface area contributed by atoms with E-state index in [1.807, 2.05) is 22.6 Å². The van der Waals surface area contributed by atoms with E-state index >= 15 is 0 Å². The second kappa shape index (κ2) is 7.19. The molecule has 2 N–H and O–H groups in total. The lowest BCUT2D eigenvalue weighted by molar-refractivity contribution is -0.142. The molecule has 0 aromatic carbocycles. The molecule has 21 heavy (non-hydrogen) atoms. The fourth-order valence-electron chi connectivity index (χ4n) is 2.70. The summed E-state index contributed by atoms with van der Waals surface area (Å²) >= 11 is 4.97. The molecule has 0 radical (unpaired) electrons. The molecule has 0 bridgehead atoms. The molecular formula is C13H18N2O3S3. The Balaban J connectivity index is 1.29. The lowest BCUT2D eigenvalue weighted by Crippen LogP contribution is -2.36. The molecule has 3 aliphatic heterocycles. The van der Waals surface area contributed by atoms with Crippen LogP contribution in [0.5, 0.6) is 0 Å². The Morgan fingerprint density at radius 2 is 2.10 bits per heavy atom. The number of amides is 2. The van der Waals surface area contributed by atoms with Crippen LogP contribution in [0.15, 0.2) is 10.8 Å². The van der Waals surface area contributed by atoms with E-state index in [0.29, 0.717) is 11.7 Å². The molecule has 116 valence electrons. The van der Waals surface area contributed by atoms with Gasteiger partial charge in [0.25, 0.3) is 0 Å². The van der Waals surface area contributed by atoms with Crippen molar-refractivity contribution in [2.45, 2.75) is 47.8 Å². The minimum absolute atomic E-state index is 0.0425. The minimum Gasteiger partial charge on any atom is -0.440 e. The van der Waals surface area contributed by atoms with E-state index in [2.05, 4.69) is 10.6 Å². The van der Waals surface area contributed by atoms with Gasteiger partial charge in [-0.2, -0.15) is 11.8 Å². The molecule has 0 aliphatic carbocycles. The molecule has 2 amide bonds. The Kier molecular flexibility index (Phi) is 5.29. The van der Waals surface area contributed by atoms with Gasteiger partial charge in [0.1, 0.15) is 0 Å². The van der Waals surface area contributed by atoms with Gasteiger partial charge < -0.3 is 15.4 Å². The highest BCUT2D eigenvalue weighted by atomic mass is 32.2. The molecule has 0 aromatic heterocycles. The molecule has 0 unspecified atom stereocenters. The molecule has 2 saturated heterocycles. The standard InChI is InChI=1S/C13H18N2O3S3/c16-10(18-13-19-5-6-20-13)4-2-1-3-9-11-8(7-21-9)14-12(17)15-11/h5-6,8-9,11,13H,1-4,7H2,(H2,14,15,17)/t8-,9-,11-/m0/s1. The summed E-state index contributed by atoms with van der Waals surface area (Å²) in [7, 11) is 0. The summed E-state index contributed by atoms with van der Waals surface area (Å²) in [5.41, 5.74) is 0. The number of carbonyl (C=O) groups excluding carboxylic acids is 2. The average molecular weight is 346 g/mol. The maximum Gasteiger partial charge on any atom is 0.315 e. The lowest BCUT2D eigenvalue weighted by Gasteiger charge is -2.16. The van der Waals surface area contributed by atoms with E-state index in [9.17, 15) is 9.59 Å². The molecule has 0 saturated carbocycles. The maximum atomic E-state index is 11.7. The van der Waals surface area contributed by atoms with Crippen LogP contribution in [0.1, 0.15) is 25.7 Å². The molecule has 3 heterocycles. The first kappa shape index (κ1) is 15.4. The summed E-state index contributed by atoms with van der Waals surface area (Å²) in [4.78, 5) is 23.0. The van der Waals surface area contributed by atoms with Crippen LogP contribution in [0.2, 0.25) is 0 Å². The van der Waals surface area contributed by atoms with Crippen molar-refractivity contribution in [2.24, 2.45) is 0 Å². The highest BCUT2D eigenvalue weighted by molar-refractivity contribution is 8.22. The molecular weight excluding hydrogens is 328 g/mol. The van der Waals surface area contributed by atoms with Crippen LogP contribution in [0.25, 0.3) is 0 Å². The number of rotatable bonds is 6. The largest absolute Gasteiger partial charge is 0.440 e. The lowest BCUT2D eigenvalue weighted by atomic mass is 10.0. The normalized spacial score (nSPS) is 31.0. The van der Waals surface area contributed by atoms with E-state index in [1.165, 1.54) is 23.5 Å². The van der Waals surface area contributed by atoms with E-state index in [0.717, 1.165) is 25.0 Å². The number of esters is 1. The number of nitrogens with one attached hydrogen (secondary N) is 2. The molecule has 3 rings (SSSR count). The van der Waals surface area contributed by atoms with Gasteiger partial charge >= 0.3 is 12.0 Å². The van der Waals surface area contributed by atoms with Gasteiger partial charge in [-0.15, -0.1) is 0 Å². The van der Waals surface area contributed by atoms with Crippen molar-refractivity contribution in [2.75, 3.05) is 5.75 Å². The van der Waals surface area contributed by atoms with Crippen LogP contribution in [-0.2, 0) is 9.53 Å². The van der Waals surface area contributed by atoms with Crippen LogP contribution in [0.4, 0.5) is 4.79 Å².